The lowest BCUT2D eigenvalue weighted by atomic mass is 9.97. The van der Waals surface area contributed by atoms with E-state index in [2.05, 4.69) is 25.8 Å². The van der Waals surface area contributed by atoms with Gasteiger partial charge in [-0.05, 0) is 38.1 Å². The lowest BCUT2D eigenvalue weighted by Crippen LogP contribution is -2.31. The summed E-state index contributed by atoms with van der Waals surface area (Å²) in [6.45, 7) is 4.45. The Kier molecular flexibility index (Phi) is 4.87. The van der Waals surface area contributed by atoms with Gasteiger partial charge in [0.2, 0.25) is 16.0 Å². The number of rotatable bonds is 5. The Morgan fingerprint density at radius 2 is 2.00 bits per heavy atom. The number of hydrogen-bond acceptors (Lipinski definition) is 7. The molecule has 4 N–H and O–H groups in total. The first-order valence-corrected chi connectivity index (χ1v) is 10.7. The Bertz CT molecular complexity index is 1240. The highest BCUT2D eigenvalue weighted by atomic mass is 32.2. The molecule has 1 amide bonds. The quantitative estimate of drug-likeness (QED) is 0.550. The summed E-state index contributed by atoms with van der Waals surface area (Å²) in [7, 11) is -3.81. The molecule has 0 aliphatic carbocycles. The zero-order valence-electron chi connectivity index (χ0n) is 16.3. The van der Waals surface area contributed by atoms with E-state index in [1.807, 2.05) is 13.1 Å². The molecule has 1 aromatic carbocycles. The number of anilines is 2. The van der Waals surface area contributed by atoms with Crippen LogP contribution in [-0.2, 0) is 21.4 Å². The Morgan fingerprint density at radius 3 is 2.63 bits per heavy atom. The van der Waals surface area contributed by atoms with E-state index in [0.717, 1.165) is 5.56 Å². The van der Waals surface area contributed by atoms with Crippen molar-refractivity contribution in [3.05, 3.63) is 59.8 Å². The fourth-order valence-corrected chi connectivity index (χ4v) is 3.83. The van der Waals surface area contributed by atoms with E-state index in [4.69, 9.17) is 5.14 Å². The number of nitrogens with two attached hydrogens (primary N) is 1. The minimum absolute atomic E-state index is 0.0349. The maximum absolute atomic E-state index is 13.2. The summed E-state index contributed by atoms with van der Waals surface area (Å²) in [6.07, 6.45) is 4.98. The molecule has 0 saturated heterocycles. The predicted octanol–water partition coefficient (Wildman–Crippen LogP) is 1.07. The van der Waals surface area contributed by atoms with Crippen LogP contribution in [0.5, 0.6) is 0 Å². The first-order chi connectivity index (χ1) is 14.3. The van der Waals surface area contributed by atoms with E-state index in [1.54, 1.807) is 22.5 Å². The number of primary sulfonamides is 1. The van der Waals surface area contributed by atoms with Gasteiger partial charge in [-0.2, -0.15) is 15.2 Å². The number of aryl methyl sites for hydroxylation is 1. The Morgan fingerprint density at radius 1 is 1.27 bits per heavy atom. The monoisotopic (exact) mass is 428 g/mol. The van der Waals surface area contributed by atoms with Crippen LogP contribution < -0.4 is 15.8 Å². The van der Waals surface area contributed by atoms with Gasteiger partial charge in [-0.25, -0.2) is 18.2 Å². The molecule has 1 unspecified atom stereocenters. The Hall–Kier alpha value is -3.51. The molecule has 3 heterocycles. The average Bonchev–Trinajstić information content (AvgIpc) is 3.35. The van der Waals surface area contributed by atoms with Crippen LogP contribution in [0.15, 0.2) is 59.2 Å². The van der Waals surface area contributed by atoms with Gasteiger partial charge >= 0.3 is 0 Å². The lowest BCUT2D eigenvalue weighted by molar-refractivity contribution is -0.113. The van der Waals surface area contributed by atoms with Crippen molar-refractivity contribution in [1.29, 1.82) is 0 Å². The number of hydrogen-bond donors (Lipinski definition) is 3. The predicted molar refractivity (Wildman–Crippen MR) is 109 cm³/mol. The summed E-state index contributed by atoms with van der Waals surface area (Å²) in [5.41, 5.74) is 2.29. The third-order valence-corrected chi connectivity index (χ3v) is 5.70. The molecule has 30 heavy (non-hydrogen) atoms. The molecule has 0 bridgehead atoms. The molecule has 0 radical (unpaired) electrons. The van der Waals surface area contributed by atoms with E-state index < -0.39 is 16.1 Å². The smallest absolute Gasteiger partial charge is 0.255 e. The number of nitrogens with zero attached hydrogens (tertiary/aromatic N) is 5. The van der Waals surface area contributed by atoms with E-state index in [1.165, 1.54) is 30.6 Å². The molecule has 3 aromatic rings. The highest BCUT2D eigenvalue weighted by Crippen LogP contribution is 2.35. The van der Waals surface area contributed by atoms with E-state index >= 15 is 0 Å². The molecule has 1 aliphatic heterocycles. The number of allylic oxidation sites excluding steroid dienone is 1. The van der Waals surface area contributed by atoms with Crippen molar-refractivity contribution in [1.82, 2.24) is 24.5 Å². The fourth-order valence-electron chi connectivity index (χ4n) is 3.31. The maximum atomic E-state index is 13.2. The van der Waals surface area contributed by atoms with Crippen LogP contribution in [0.25, 0.3) is 0 Å². The van der Waals surface area contributed by atoms with Gasteiger partial charge in [0.05, 0.1) is 16.7 Å². The minimum atomic E-state index is -3.81. The van der Waals surface area contributed by atoms with Crippen LogP contribution in [0.4, 0.5) is 11.6 Å². The molecule has 0 saturated carbocycles. The van der Waals surface area contributed by atoms with Crippen LogP contribution >= 0.6 is 0 Å². The standard InChI is InChI=1S/C18H20N8O3S/c1-3-25-9-12(8-21-25)16-15(11(2)23-18-20-10-22-26(16)18)17(27)24-13-4-6-14(7-5-13)30(19,28)29/h4-10,16H,3H2,1-2H3,(H,24,27)(H2,19,28,29)(H,20,22,23). The largest absolute Gasteiger partial charge is 0.328 e. The molecule has 11 nitrogen and oxygen atoms in total. The molecule has 12 heteroatoms. The van der Waals surface area contributed by atoms with Gasteiger partial charge in [-0.15, -0.1) is 0 Å². The second-order valence-corrected chi connectivity index (χ2v) is 8.31. The number of benzene rings is 1. The number of nitrogens with one attached hydrogen (secondary N) is 2. The van der Waals surface area contributed by atoms with Gasteiger partial charge in [0.15, 0.2) is 0 Å². The number of aromatic nitrogens is 5. The van der Waals surface area contributed by atoms with E-state index in [9.17, 15) is 13.2 Å². The summed E-state index contributed by atoms with van der Waals surface area (Å²) >= 11 is 0. The van der Waals surface area contributed by atoms with E-state index in [-0.39, 0.29) is 10.8 Å². The van der Waals surface area contributed by atoms with Crippen molar-refractivity contribution >= 4 is 27.6 Å². The number of fused-ring (bicyclic) bond motifs is 1. The first kappa shape index (κ1) is 19.8. The highest BCUT2D eigenvalue weighted by molar-refractivity contribution is 7.89. The van der Waals surface area contributed by atoms with Crippen LogP contribution in [0.1, 0.15) is 25.5 Å². The van der Waals surface area contributed by atoms with E-state index in [0.29, 0.717) is 29.5 Å². The van der Waals surface area contributed by atoms with Gasteiger partial charge in [0.1, 0.15) is 12.4 Å². The topological polar surface area (TPSA) is 150 Å². The van der Waals surface area contributed by atoms with Crippen molar-refractivity contribution < 1.29 is 13.2 Å². The van der Waals surface area contributed by atoms with Gasteiger partial charge in [-0.1, -0.05) is 0 Å². The third-order valence-electron chi connectivity index (χ3n) is 4.77. The van der Waals surface area contributed by atoms with Gasteiger partial charge in [-0.3, -0.25) is 9.48 Å². The Labute approximate surface area is 172 Å². The van der Waals surface area contributed by atoms with Gasteiger partial charge in [0.25, 0.3) is 5.91 Å². The number of carbonyl (C=O) groups excluding carboxylic acids is 1. The normalized spacial score (nSPS) is 16.2. The molecule has 0 spiro atoms. The summed E-state index contributed by atoms with van der Waals surface area (Å²) in [5.74, 6) is 0.162. The lowest BCUT2D eigenvalue weighted by Gasteiger charge is -2.27. The van der Waals surface area contributed by atoms with Crippen molar-refractivity contribution in [2.45, 2.75) is 31.3 Å². The summed E-state index contributed by atoms with van der Waals surface area (Å²) in [5, 5.41) is 19.6. The van der Waals surface area contributed by atoms with Crippen molar-refractivity contribution in [3.8, 4) is 0 Å². The molecule has 1 atom stereocenters. The zero-order valence-corrected chi connectivity index (χ0v) is 17.1. The minimum Gasteiger partial charge on any atom is -0.328 e. The van der Waals surface area contributed by atoms with Crippen LogP contribution in [0.3, 0.4) is 0 Å². The van der Waals surface area contributed by atoms with Crippen molar-refractivity contribution in [2.24, 2.45) is 5.14 Å². The molecular formula is C18H20N8O3S. The molecular weight excluding hydrogens is 408 g/mol. The second kappa shape index (κ2) is 7.39. The van der Waals surface area contributed by atoms with Crippen LogP contribution in [0, 0.1) is 0 Å². The second-order valence-electron chi connectivity index (χ2n) is 6.75. The third kappa shape index (κ3) is 3.57. The highest BCUT2D eigenvalue weighted by Gasteiger charge is 2.34. The summed E-state index contributed by atoms with van der Waals surface area (Å²) < 4.78 is 26.2. The first-order valence-electron chi connectivity index (χ1n) is 9.11. The summed E-state index contributed by atoms with van der Waals surface area (Å²) in [4.78, 5) is 17.4. The molecule has 156 valence electrons. The summed E-state index contributed by atoms with van der Waals surface area (Å²) in [6, 6.07) is 5.12. The number of carbonyl (C=O) groups is 1. The molecule has 2 aromatic heterocycles. The molecule has 0 fully saturated rings. The Balaban J connectivity index is 1.68. The van der Waals surface area contributed by atoms with Crippen molar-refractivity contribution in [2.75, 3.05) is 10.6 Å². The van der Waals surface area contributed by atoms with Crippen molar-refractivity contribution in [3.63, 3.8) is 0 Å². The molecule has 1 aliphatic rings. The average molecular weight is 428 g/mol. The van der Waals surface area contributed by atoms with Gasteiger partial charge in [0, 0.05) is 29.7 Å². The number of amides is 1. The molecule has 4 rings (SSSR count). The zero-order chi connectivity index (χ0) is 21.5. The SMILES string of the molecule is CCn1cc(C2C(C(=O)Nc3ccc(S(N)(=O)=O)cc3)=C(C)Nc3ncnn32)cn1. The van der Waals surface area contributed by atoms with Crippen LogP contribution in [-0.4, -0.2) is 38.9 Å². The fraction of sp³-hybridized carbons (Fsp3) is 0.222. The maximum Gasteiger partial charge on any atom is 0.255 e. The van der Waals surface area contributed by atoms with Gasteiger partial charge < -0.3 is 10.6 Å². The van der Waals surface area contributed by atoms with Crippen LogP contribution in [0.2, 0.25) is 0 Å². The number of sulfonamides is 1.